The van der Waals surface area contributed by atoms with E-state index in [1.54, 1.807) is 0 Å². The Labute approximate surface area is 116 Å². The first-order valence-electron chi connectivity index (χ1n) is 6.03. The number of rotatable bonds is 3. The Hall–Kier alpha value is -0.620. The quantitative estimate of drug-likeness (QED) is 0.826. The van der Waals surface area contributed by atoms with Gasteiger partial charge in [0.2, 0.25) is 0 Å². The van der Waals surface area contributed by atoms with Crippen LogP contribution < -0.4 is 10.6 Å². The highest BCUT2D eigenvalue weighted by Crippen LogP contribution is 2.09. The summed E-state index contributed by atoms with van der Waals surface area (Å²) in [5, 5.41) is 6.41. The van der Waals surface area contributed by atoms with E-state index in [-0.39, 0.29) is 5.91 Å². The molecular formula is C13H17IN2O. The number of benzene rings is 1. The number of piperidine rings is 1. The molecule has 1 saturated heterocycles. The molecule has 2 N–H and O–H groups in total. The molecule has 1 aliphatic rings. The molecule has 0 spiro atoms. The van der Waals surface area contributed by atoms with Crippen molar-refractivity contribution in [2.45, 2.75) is 25.3 Å². The van der Waals surface area contributed by atoms with Crippen LogP contribution >= 0.6 is 22.6 Å². The third-order valence-electron chi connectivity index (χ3n) is 3.01. The summed E-state index contributed by atoms with van der Waals surface area (Å²) in [5.41, 5.74) is 0.743. The van der Waals surface area contributed by atoms with E-state index in [2.05, 4.69) is 33.2 Å². The van der Waals surface area contributed by atoms with Crippen molar-refractivity contribution in [1.82, 2.24) is 10.6 Å². The molecule has 92 valence electrons. The monoisotopic (exact) mass is 344 g/mol. The molecule has 3 nitrogen and oxygen atoms in total. The van der Waals surface area contributed by atoms with Crippen LogP contribution in [0, 0.1) is 3.57 Å². The molecule has 1 heterocycles. The third-order valence-corrected chi connectivity index (χ3v) is 3.68. The molecule has 1 atom stereocenters. The molecule has 4 heteroatoms. The smallest absolute Gasteiger partial charge is 0.251 e. The number of hydrogen-bond donors (Lipinski definition) is 2. The van der Waals surface area contributed by atoms with Gasteiger partial charge in [0, 0.05) is 21.7 Å². The highest BCUT2D eigenvalue weighted by atomic mass is 127. The van der Waals surface area contributed by atoms with Crippen LogP contribution in [0.3, 0.4) is 0 Å². The predicted octanol–water partition coefficient (Wildman–Crippen LogP) is 2.16. The van der Waals surface area contributed by atoms with Crippen molar-refractivity contribution >= 4 is 28.5 Å². The van der Waals surface area contributed by atoms with Crippen molar-refractivity contribution in [1.29, 1.82) is 0 Å². The highest BCUT2D eigenvalue weighted by molar-refractivity contribution is 14.1. The summed E-state index contributed by atoms with van der Waals surface area (Å²) in [6, 6.07) is 8.10. The molecule has 1 aliphatic heterocycles. The summed E-state index contributed by atoms with van der Waals surface area (Å²) >= 11 is 2.22. The van der Waals surface area contributed by atoms with Gasteiger partial charge in [-0.05, 0) is 60.2 Å². The van der Waals surface area contributed by atoms with Crippen molar-refractivity contribution in [3.05, 3.63) is 33.4 Å². The second kappa shape index (κ2) is 6.35. The zero-order valence-electron chi connectivity index (χ0n) is 9.71. The Morgan fingerprint density at radius 2 is 2.35 bits per heavy atom. The first-order chi connectivity index (χ1) is 8.25. The van der Waals surface area contributed by atoms with E-state index >= 15 is 0 Å². The summed E-state index contributed by atoms with van der Waals surface area (Å²) < 4.78 is 1.09. The SMILES string of the molecule is O=C(NCC1CCCCN1)c1cccc(I)c1. The van der Waals surface area contributed by atoms with Crippen molar-refractivity contribution in [3.63, 3.8) is 0 Å². The number of hydrogen-bond acceptors (Lipinski definition) is 2. The summed E-state index contributed by atoms with van der Waals surface area (Å²) in [5.74, 6) is 0.0240. The molecule has 0 saturated carbocycles. The molecule has 1 fully saturated rings. The van der Waals surface area contributed by atoms with Crippen LogP contribution in [0.4, 0.5) is 0 Å². The molecule has 0 aliphatic carbocycles. The van der Waals surface area contributed by atoms with Crippen molar-refractivity contribution in [3.8, 4) is 0 Å². The largest absolute Gasteiger partial charge is 0.350 e. The normalized spacial score (nSPS) is 19.9. The molecule has 0 radical (unpaired) electrons. The van der Waals surface area contributed by atoms with Gasteiger partial charge >= 0.3 is 0 Å². The molecule has 17 heavy (non-hydrogen) atoms. The Morgan fingerprint density at radius 1 is 1.47 bits per heavy atom. The van der Waals surface area contributed by atoms with Gasteiger partial charge in [-0.3, -0.25) is 4.79 Å². The molecule has 2 rings (SSSR count). The van der Waals surface area contributed by atoms with E-state index in [4.69, 9.17) is 0 Å². The van der Waals surface area contributed by atoms with Gasteiger partial charge in [0.05, 0.1) is 0 Å². The lowest BCUT2D eigenvalue weighted by Gasteiger charge is -2.23. The first kappa shape index (κ1) is 12.8. The van der Waals surface area contributed by atoms with E-state index < -0.39 is 0 Å². The second-order valence-electron chi connectivity index (χ2n) is 4.37. The summed E-state index contributed by atoms with van der Waals surface area (Å²) in [6.07, 6.45) is 3.67. The maximum Gasteiger partial charge on any atom is 0.251 e. The van der Waals surface area contributed by atoms with Gasteiger partial charge in [-0.1, -0.05) is 12.5 Å². The number of amides is 1. The predicted molar refractivity (Wildman–Crippen MR) is 77.1 cm³/mol. The molecule has 1 amide bonds. The molecule has 0 aromatic heterocycles. The number of halogens is 1. The number of nitrogens with one attached hydrogen (secondary N) is 2. The van der Waals surface area contributed by atoms with Crippen LogP contribution in [0.15, 0.2) is 24.3 Å². The molecule has 1 aromatic carbocycles. The Morgan fingerprint density at radius 3 is 3.06 bits per heavy atom. The van der Waals surface area contributed by atoms with Crippen LogP contribution in [0.2, 0.25) is 0 Å². The fraction of sp³-hybridized carbons (Fsp3) is 0.462. The van der Waals surface area contributed by atoms with Gasteiger partial charge < -0.3 is 10.6 Å². The minimum atomic E-state index is 0.0240. The average Bonchev–Trinajstić information content (AvgIpc) is 2.37. The Kier molecular flexibility index (Phi) is 4.79. The summed E-state index contributed by atoms with van der Waals surface area (Å²) in [4.78, 5) is 11.9. The van der Waals surface area contributed by atoms with E-state index in [0.717, 1.165) is 28.6 Å². The minimum Gasteiger partial charge on any atom is -0.350 e. The lowest BCUT2D eigenvalue weighted by Crippen LogP contribution is -2.43. The van der Waals surface area contributed by atoms with Crippen LogP contribution in [-0.4, -0.2) is 25.0 Å². The van der Waals surface area contributed by atoms with Crippen LogP contribution in [0.1, 0.15) is 29.6 Å². The minimum absolute atomic E-state index is 0.0240. The molecule has 1 unspecified atom stereocenters. The van der Waals surface area contributed by atoms with E-state index in [9.17, 15) is 4.79 Å². The maximum atomic E-state index is 11.9. The molecular weight excluding hydrogens is 327 g/mol. The summed E-state index contributed by atoms with van der Waals surface area (Å²) in [7, 11) is 0. The van der Waals surface area contributed by atoms with Crippen LogP contribution in [0.25, 0.3) is 0 Å². The fourth-order valence-corrected chi connectivity index (χ4v) is 2.59. The van der Waals surface area contributed by atoms with Gasteiger partial charge in [-0.2, -0.15) is 0 Å². The van der Waals surface area contributed by atoms with Gasteiger partial charge in [0.15, 0.2) is 0 Å². The lowest BCUT2D eigenvalue weighted by molar-refractivity contribution is 0.0947. The van der Waals surface area contributed by atoms with Crippen molar-refractivity contribution in [2.75, 3.05) is 13.1 Å². The maximum absolute atomic E-state index is 11.9. The van der Waals surface area contributed by atoms with Gasteiger partial charge in [0.1, 0.15) is 0 Å². The second-order valence-corrected chi connectivity index (χ2v) is 5.61. The number of carbonyl (C=O) groups excluding carboxylic acids is 1. The van der Waals surface area contributed by atoms with Crippen LogP contribution in [-0.2, 0) is 0 Å². The highest BCUT2D eigenvalue weighted by Gasteiger charge is 2.13. The van der Waals surface area contributed by atoms with Gasteiger partial charge in [-0.25, -0.2) is 0 Å². The van der Waals surface area contributed by atoms with Gasteiger partial charge in [0.25, 0.3) is 5.91 Å². The lowest BCUT2D eigenvalue weighted by atomic mass is 10.1. The number of carbonyl (C=O) groups is 1. The van der Waals surface area contributed by atoms with E-state index in [1.807, 2.05) is 24.3 Å². The zero-order valence-corrected chi connectivity index (χ0v) is 11.9. The molecule has 0 bridgehead atoms. The van der Waals surface area contributed by atoms with Crippen molar-refractivity contribution in [2.24, 2.45) is 0 Å². The zero-order chi connectivity index (χ0) is 12.1. The van der Waals surface area contributed by atoms with E-state index in [1.165, 1.54) is 12.8 Å². The third kappa shape index (κ3) is 3.96. The Bertz CT molecular complexity index is 389. The Balaban J connectivity index is 1.84. The fourth-order valence-electron chi connectivity index (χ4n) is 2.05. The topological polar surface area (TPSA) is 41.1 Å². The average molecular weight is 344 g/mol. The standard InChI is InChI=1S/C13H17IN2O/c14-11-5-3-4-10(8-11)13(17)16-9-12-6-1-2-7-15-12/h3-5,8,12,15H,1-2,6-7,9H2,(H,16,17). The van der Waals surface area contributed by atoms with E-state index in [0.29, 0.717) is 6.04 Å². The summed E-state index contributed by atoms with van der Waals surface area (Å²) in [6.45, 7) is 1.80. The molecule has 1 aromatic rings. The van der Waals surface area contributed by atoms with Crippen LogP contribution in [0.5, 0.6) is 0 Å². The van der Waals surface area contributed by atoms with Gasteiger partial charge in [-0.15, -0.1) is 0 Å². The first-order valence-corrected chi connectivity index (χ1v) is 7.11. The van der Waals surface area contributed by atoms with Crippen molar-refractivity contribution < 1.29 is 4.79 Å².